The Morgan fingerprint density at radius 3 is 2.48 bits per heavy atom. The molecule has 1 atom stereocenters. The second-order valence-corrected chi connectivity index (χ2v) is 7.46. The summed E-state index contributed by atoms with van der Waals surface area (Å²) in [7, 11) is 0. The van der Waals surface area contributed by atoms with Crippen molar-refractivity contribution in [2.45, 2.75) is 59.5 Å². The van der Waals surface area contributed by atoms with Crippen molar-refractivity contribution in [3.63, 3.8) is 0 Å². The molecule has 1 aliphatic rings. The summed E-state index contributed by atoms with van der Waals surface area (Å²) in [6.07, 6.45) is 2.88. The van der Waals surface area contributed by atoms with E-state index in [1.165, 1.54) is 18.3 Å². The van der Waals surface area contributed by atoms with Gasteiger partial charge in [-0.05, 0) is 45.1 Å². The van der Waals surface area contributed by atoms with Crippen molar-refractivity contribution in [1.82, 2.24) is 0 Å². The molecule has 1 N–H and O–H groups in total. The van der Waals surface area contributed by atoms with Crippen LogP contribution in [0.1, 0.15) is 61.3 Å². The van der Waals surface area contributed by atoms with Crippen molar-refractivity contribution >= 4 is 34.2 Å². The smallest absolute Gasteiger partial charge is 0.341 e. The van der Waals surface area contributed by atoms with Gasteiger partial charge in [0.2, 0.25) is 0 Å². The Kier molecular flexibility index (Phi) is 6.58. The van der Waals surface area contributed by atoms with Gasteiger partial charge in [0.1, 0.15) is 5.00 Å². The van der Waals surface area contributed by atoms with E-state index in [1.807, 2.05) is 0 Å². The summed E-state index contributed by atoms with van der Waals surface area (Å²) in [6, 6.07) is 0. The fourth-order valence-electron chi connectivity index (χ4n) is 2.65. The molecule has 0 radical (unpaired) electrons. The number of anilines is 1. The molecule has 1 amide bonds. The van der Waals surface area contributed by atoms with Crippen molar-refractivity contribution < 1.29 is 23.9 Å². The zero-order valence-corrected chi connectivity index (χ0v) is 16.0. The molecule has 0 aromatic carbocycles. The van der Waals surface area contributed by atoms with Crippen LogP contribution < -0.4 is 5.32 Å². The van der Waals surface area contributed by atoms with Crippen LogP contribution in [0.15, 0.2) is 0 Å². The number of nitrogens with one attached hydrogen (secondary N) is 1. The zero-order chi connectivity index (χ0) is 18.6. The van der Waals surface area contributed by atoms with Gasteiger partial charge in [-0.15, -0.1) is 11.3 Å². The van der Waals surface area contributed by atoms with Crippen molar-refractivity contribution in [1.29, 1.82) is 0 Å². The first-order valence-corrected chi connectivity index (χ1v) is 9.49. The first kappa shape index (κ1) is 19.4. The van der Waals surface area contributed by atoms with E-state index in [4.69, 9.17) is 9.47 Å². The van der Waals surface area contributed by atoms with Crippen LogP contribution in [0, 0.1) is 5.92 Å². The Balaban J connectivity index is 2.20. The number of thiophene rings is 1. The first-order valence-electron chi connectivity index (χ1n) is 8.68. The van der Waals surface area contributed by atoms with Crippen molar-refractivity contribution in [2.75, 3.05) is 11.9 Å². The van der Waals surface area contributed by atoms with Crippen LogP contribution in [-0.4, -0.2) is 30.6 Å². The Labute approximate surface area is 151 Å². The molecule has 0 fully saturated rings. The normalized spacial score (nSPS) is 14.6. The van der Waals surface area contributed by atoms with Crippen molar-refractivity contribution in [3.05, 3.63) is 16.0 Å². The second-order valence-electron chi connectivity index (χ2n) is 6.36. The van der Waals surface area contributed by atoms with Gasteiger partial charge in [0.15, 0.2) is 6.10 Å². The maximum absolute atomic E-state index is 12.4. The lowest BCUT2D eigenvalue weighted by molar-refractivity contribution is -0.156. The van der Waals surface area contributed by atoms with E-state index >= 15 is 0 Å². The first-order chi connectivity index (χ1) is 11.8. The largest absolute Gasteiger partial charge is 0.462 e. The van der Waals surface area contributed by atoms with Gasteiger partial charge in [-0.3, -0.25) is 9.59 Å². The number of esters is 2. The Hall–Kier alpha value is -1.89. The van der Waals surface area contributed by atoms with Gasteiger partial charge in [-0.1, -0.05) is 13.8 Å². The lowest BCUT2D eigenvalue weighted by atomic mass is 9.95. The third-order valence-corrected chi connectivity index (χ3v) is 5.23. The van der Waals surface area contributed by atoms with E-state index in [-0.39, 0.29) is 12.5 Å². The highest BCUT2D eigenvalue weighted by molar-refractivity contribution is 7.17. The third kappa shape index (κ3) is 4.60. The molecule has 0 spiro atoms. The number of aryl methyl sites for hydroxylation is 1. The number of amides is 1. The highest BCUT2D eigenvalue weighted by atomic mass is 32.1. The van der Waals surface area contributed by atoms with E-state index in [2.05, 4.69) is 5.32 Å². The fourth-order valence-corrected chi connectivity index (χ4v) is 3.93. The number of hydrogen-bond acceptors (Lipinski definition) is 6. The summed E-state index contributed by atoms with van der Waals surface area (Å²) in [5.74, 6) is -1.60. The van der Waals surface area contributed by atoms with Crippen molar-refractivity contribution in [2.24, 2.45) is 5.92 Å². The molecule has 1 aromatic heterocycles. The number of carbonyl (C=O) groups excluding carboxylic acids is 3. The highest BCUT2D eigenvalue weighted by Gasteiger charge is 2.29. The molecule has 138 valence electrons. The van der Waals surface area contributed by atoms with Crippen LogP contribution in [0.3, 0.4) is 0 Å². The van der Waals surface area contributed by atoms with Gasteiger partial charge >= 0.3 is 11.9 Å². The predicted octanol–water partition coefficient (Wildman–Crippen LogP) is 3.33. The Bertz CT molecular complexity index is 665. The monoisotopic (exact) mass is 367 g/mol. The summed E-state index contributed by atoms with van der Waals surface area (Å²) in [4.78, 5) is 37.5. The standard InChI is InChI=1S/C18H25NO5S/c1-5-23-18(22)14-12-8-6-7-9-13(12)25-16(14)19-15(20)11(4)24-17(21)10(2)3/h10-11H,5-9H2,1-4H3,(H,19,20)/t11-/m1/s1. The van der Waals surface area contributed by atoms with E-state index in [9.17, 15) is 14.4 Å². The van der Waals surface area contributed by atoms with Gasteiger partial charge in [-0.25, -0.2) is 4.79 Å². The minimum absolute atomic E-state index is 0.277. The maximum Gasteiger partial charge on any atom is 0.341 e. The molecular weight excluding hydrogens is 342 g/mol. The van der Waals surface area contributed by atoms with Gasteiger partial charge in [-0.2, -0.15) is 0 Å². The van der Waals surface area contributed by atoms with Crippen LogP contribution in [0.5, 0.6) is 0 Å². The molecule has 0 saturated heterocycles. The van der Waals surface area contributed by atoms with E-state index < -0.39 is 23.9 Å². The molecule has 0 unspecified atom stereocenters. The molecule has 6 nitrogen and oxygen atoms in total. The molecule has 7 heteroatoms. The molecule has 1 aromatic rings. The van der Waals surface area contributed by atoms with E-state index in [0.29, 0.717) is 10.6 Å². The summed E-state index contributed by atoms with van der Waals surface area (Å²) >= 11 is 1.41. The molecule has 25 heavy (non-hydrogen) atoms. The van der Waals surface area contributed by atoms with Crippen LogP contribution in [0.25, 0.3) is 0 Å². The number of ether oxygens (including phenoxy) is 2. The van der Waals surface area contributed by atoms with E-state index in [0.717, 1.165) is 36.1 Å². The number of hydrogen-bond donors (Lipinski definition) is 1. The number of fused-ring (bicyclic) bond motifs is 1. The third-order valence-electron chi connectivity index (χ3n) is 4.02. The van der Waals surface area contributed by atoms with Gasteiger partial charge in [0, 0.05) is 4.88 Å². The van der Waals surface area contributed by atoms with Crippen LogP contribution in [0.4, 0.5) is 5.00 Å². The Morgan fingerprint density at radius 1 is 1.16 bits per heavy atom. The summed E-state index contributed by atoms with van der Waals surface area (Å²) in [6.45, 7) is 6.97. The minimum atomic E-state index is -0.927. The Morgan fingerprint density at radius 2 is 1.84 bits per heavy atom. The number of rotatable bonds is 6. The van der Waals surface area contributed by atoms with Crippen LogP contribution in [0.2, 0.25) is 0 Å². The predicted molar refractivity (Wildman–Crippen MR) is 95.9 cm³/mol. The maximum atomic E-state index is 12.4. The van der Waals surface area contributed by atoms with Crippen molar-refractivity contribution in [3.8, 4) is 0 Å². The van der Waals surface area contributed by atoms with Crippen LogP contribution >= 0.6 is 11.3 Å². The van der Waals surface area contributed by atoms with Gasteiger partial charge < -0.3 is 14.8 Å². The lowest BCUT2D eigenvalue weighted by Crippen LogP contribution is -2.31. The van der Waals surface area contributed by atoms with Gasteiger partial charge in [0.25, 0.3) is 5.91 Å². The van der Waals surface area contributed by atoms with E-state index in [1.54, 1.807) is 20.8 Å². The summed E-state index contributed by atoms with van der Waals surface area (Å²) in [5.41, 5.74) is 1.44. The molecule has 1 aliphatic carbocycles. The molecule has 0 aliphatic heterocycles. The minimum Gasteiger partial charge on any atom is -0.462 e. The molecule has 1 heterocycles. The average molecular weight is 367 g/mol. The second kappa shape index (κ2) is 8.47. The molecule has 0 saturated carbocycles. The fraction of sp³-hybridized carbons (Fsp3) is 0.611. The SMILES string of the molecule is CCOC(=O)c1c(NC(=O)[C@@H](C)OC(=O)C(C)C)sc2c1CCCC2. The average Bonchev–Trinajstić information content (AvgIpc) is 2.92. The molecular formula is C18H25NO5S. The van der Waals surface area contributed by atoms with Crippen LogP contribution in [-0.2, 0) is 31.9 Å². The van der Waals surface area contributed by atoms with Gasteiger partial charge in [0.05, 0.1) is 18.1 Å². The number of carbonyl (C=O) groups is 3. The topological polar surface area (TPSA) is 81.7 Å². The lowest BCUT2D eigenvalue weighted by Gasteiger charge is -2.15. The summed E-state index contributed by atoms with van der Waals surface area (Å²) in [5, 5.41) is 3.24. The summed E-state index contributed by atoms with van der Waals surface area (Å²) < 4.78 is 10.3. The highest BCUT2D eigenvalue weighted by Crippen LogP contribution is 2.38. The zero-order valence-electron chi connectivity index (χ0n) is 15.1. The molecule has 0 bridgehead atoms. The molecule has 2 rings (SSSR count). The quantitative estimate of drug-likeness (QED) is 0.780.